The number of rotatable bonds is 3. The summed E-state index contributed by atoms with van der Waals surface area (Å²) in [5.74, 6) is 0. The molecule has 0 aliphatic carbocycles. The lowest BCUT2D eigenvalue weighted by Gasteiger charge is -2.12. The number of hydrogen-bond donors (Lipinski definition) is 1. The van der Waals surface area contributed by atoms with Crippen LogP contribution in [-0.4, -0.2) is 4.98 Å². The van der Waals surface area contributed by atoms with Crippen molar-refractivity contribution in [3.63, 3.8) is 0 Å². The van der Waals surface area contributed by atoms with Gasteiger partial charge in [0, 0.05) is 14.8 Å². The van der Waals surface area contributed by atoms with Gasteiger partial charge in [-0.3, -0.25) is 0 Å². The van der Waals surface area contributed by atoms with Gasteiger partial charge >= 0.3 is 0 Å². The number of aryl methyl sites for hydroxylation is 2. The van der Waals surface area contributed by atoms with Crippen molar-refractivity contribution < 1.29 is 0 Å². The maximum atomic E-state index is 6.00. The monoisotopic (exact) mass is 322 g/mol. The number of halogens is 1. The van der Waals surface area contributed by atoms with Crippen LogP contribution in [0.1, 0.15) is 28.3 Å². The Hall–Kier alpha value is -1.10. The van der Waals surface area contributed by atoms with Crippen LogP contribution in [0.25, 0.3) is 10.2 Å². The SMILES string of the molecule is Cc1cc(C(C)Nc2nc3cc(Cl)ccc3s2)c(C)s1. The Kier molecular flexibility index (Phi) is 3.71. The molecule has 1 aromatic carbocycles. The number of thiophene rings is 1. The first-order chi connectivity index (χ1) is 9.52. The second-order valence-electron chi connectivity index (χ2n) is 4.87. The summed E-state index contributed by atoms with van der Waals surface area (Å²) < 4.78 is 1.15. The average Bonchev–Trinajstić information content (AvgIpc) is 2.91. The van der Waals surface area contributed by atoms with Gasteiger partial charge in [-0.15, -0.1) is 11.3 Å². The van der Waals surface area contributed by atoms with E-state index in [1.807, 2.05) is 29.5 Å². The van der Waals surface area contributed by atoms with Gasteiger partial charge < -0.3 is 5.32 Å². The molecule has 3 aromatic rings. The zero-order valence-corrected chi connectivity index (χ0v) is 13.9. The molecule has 0 spiro atoms. The molecule has 0 saturated heterocycles. The van der Waals surface area contributed by atoms with E-state index in [0.29, 0.717) is 0 Å². The molecular weight excluding hydrogens is 308 g/mol. The van der Waals surface area contributed by atoms with Crippen LogP contribution in [0.2, 0.25) is 5.02 Å². The van der Waals surface area contributed by atoms with Gasteiger partial charge in [0.15, 0.2) is 5.13 Å². The summed E-state index contributed by atoms with van der Waals surface area (Å²) >= 11 is 9.50. The number of nitrogens with one attached hydrogen (secondary N) is 1. The number of fused-ring (bicyclic) bond motifs is 1. The fourth-order valence-corrected chi connectivity index (χ4v) is 4.43. The molecule has 2 aromatic heterocycles. The lowest BCUT2D eigenvalue weighted by atomic mass is 10.1. The Morgan fingerprint density at radius 3 is 2.70 bits per heavy atom. The highest BCUT2D eigenvalue weighted by Gasteiger charge is 2.13. The summed E-state index contributed by atoms with van der Waals surface area (Å²) in [5.41, 5.74) is 2.31. The average molecular weight is 323 g/mol. The van der Waals surface area contributed by atoms with Crippen molar-refractivity contribution in [3.05, 3.63) is 44.6 Å². The zero-order valence-electron chi connectivity index (χ0n) is 11.5. The first-order valence-electron chi connectivity index (χ1n) is 6.42. The third-order valence-corrected chi connectivity index (χ3v) is 5.42. The molecule has 1 unspecified atom stereocenters. The minimum atomic E-state index is 0.260. The van der Waals surface area contributed by atoms with Crippen LogP contribution in [0.15, 0.2) is 24.3 Å². The third-order valence-electron chi connectivity index (χ3n) is 3.24. The summed E-state index contributed by atoms with van der Waals surface area (Å²) in [5, 5.41) is 5.16. The van der Waals surface area contributed by atoms with Gasteiger partial charge in [-0.25, -0.2) is 4.98 Å². The molecule has 2 heterocycles. The topological polar surface area (TPSA) is 24.9 Å². The number of hydrogen-bond acceptors (Lipinski definition) is 4. The van der Waals surface area contributed by atoms with E-state index in [9.17, 15) is 0 Å². The predicted molar refractivity (Wildman–Crippen MR) is 90.5 cm³/mol. The number of aromatic nitrogens is 1. The molecule has 0 aliphatic heterocycles. The van der Waals surface area contributed by atoms with Gasteiger partial charge in [0.1, 0.15) is 0 Å². The van der Waals surface area contributed by atoms with Gasteiger partial charge in [0.05, 0.1) is 16.3 Å². The molecule has 0 radical (unpaired) electrons. The lowest BCUT2D eigenvalue weighted by molar-refractivity contribution is 0.879. The molecular formula is C15H15ClN2S2. The minimum Gasteiger partial charge on any atom is -0.355 e. The number of nitrogens with zero attached hydrogens (tertiary/aromatic N) is 1. The molecule has 0 fully saturated rings. The van der Waals surface area contributed by atoms with E-state index in [0.717, 1.165) is 20.4 Å². The van der Waals surface area contributed by atoms with Crippen LogP contribution in [-0.2, 0) is 0 Å². The largest absolute Gasteiger partial charge is 0.355 e. The van der Waals surface area contributed by atoms with Gasteiger partial charge in [-0.2, -0.15) is 0 Å². The molecule has 0 amide bonds. The molecule has 0 aliphatic rings. The Balaban J connectivity index is 1.87. The van der Waals surface area contributed by atoms with Gasteiger partial charge in [0.25, 0.3) is 0 Å². The number of benzene rings is 1. The van der Waals surface area contributed by atoms with Gasteiger partial charge in [-0.05, 0) is 50.6 Å². The van der Waals surface area contributed by atoms with Crippen molar-refractivity contribution in [2.24, 2.45) is 0 Å². The summed E-state index contributed by atoms with van der Waals surface area (Å²) in [6.07, 6.45) is 0. The van der Waals surface area contributed by atoms with Crippen molar-refractivity contribution in [1.29, 1.82) is 0 Å². The van der Waals surface area contributed by atoms with Crippen molar-refractivity contribution in [1.82, 2.24) is 4.98 Å². The number of anilines is 1. The van der Waals surface area contributed by atoms with E-state index in [4.69, 9.17) is 11.6 Å². The van der Waals surface area contributed by atoms with Crippen molar-refractivity contribution in [2.75, 3.05) is 5.32 Å². The molecule has 1 atom stereocenters. The lowest BCUT2D eigenvalue weighted by Crippen LogP contribution is -2.06. The summed E-state index contributed by atoms with van der Waals surface area (Å²) in [6.45, 7) is 6.49. The molecule has 5 heteroatoms. The quantitative estimate of drug-likeness (QED) is 0.659. The summed E-state index contributed by atoms with van der Waals surface area (Å²) in [4.78, 5) is 7.32. The second-order valence-corrected chi connectivity index (χ2v) is 7.79. The Morgan fingerprint density at radius 1 is 1.20 bits per heavy atom. The van der Waals surface area contributed by atoms with E-state index >= 15 is 0 Å². The maximum Gasteiger partial charge on any atom is 0.184 e. The summed E-state index contributed by atoms with van der Waals surface area (Å²) in [6, 6.07) is 8.34. The smallest absolute Gasteiger partial charge is 0.184 e. The Morgan fingerprint density at radius 2 is 2.00 bits per heavy atom. The highest BCUT2D eigenvalue weighted by molar-refractivity contribution is 7.22. The molecule has 3 rings (SSSR count). The van der Waals surface area contributed by atoms with Crippen molar-refractivity contribution in [3.8, 4) is 0 Å². The molecule has 20 heavy (non-hydrogen) atoms. The molecule has 1 N–H and O–H groups in total. The normalized spacial score (nSPS) is 12.8. The molecule has 0 bridgehead atoms. The van der Waals surface area contributed by atoms with Crippen LogP contribution in [0, 0.1) is 13.8 Å². The van der Waals surface area contributed by atoms with E-state index in [1.54, 1.807) is 11.3 Å². The standard InChI is InChI=1S/C15H15ClN2S2/c1-8-6-12(10(3)19-8)9(2)17-15-18-13-7-11(16)4-5-14(13)20-15/h4-7,9H,1-3H3,(H,17,18). The van der Waals surface area contributed by atoms with Crippen LogP contribution in [0.3, 0.4) is 0 Å². The van der Waals surface area contributed by atoms with Crippen LogP contribution < -0.4 is 5.32 Å². The number of thiazole rings is 1. The van der Waals surface area contributed by atoms with Crippen LogP contribution in [0.4, 0.5) is 5.13 Å². The maximum absolute atomic E-state index is 6.00. The van der Waals surface area contributed by atoms with E-state index in [1.165, 1.54) is 15.3 Å². The van der Waals surface area contributed by atoms with E-state index < -0.39 is 0 Å². The van der Waals surface area contributed by atoms with E-state index in [2.05, 4.69) is 37.1 Å². The highest BCUT2D eigenvalue weighted by atomic mass is 35.5. The first kappa shape index (κ1) is 13.9. The Bertz CT molecular complexity index is 760. The zero-order chi connectivity index (χ0) is 14.3. The Labute approximate surface area is 131 Å². The van der Waals surface area contributed by atoms with E-state index in [-0.39, 0.29) is 6.04 Å². The predicted octanol–water partition coefficient (Wildman–Crippen LogP) is 5.80. The van der Waals surface area contributed by atoms with Crippen molar-refractivity contribution >= 4 is 49.6 Å². The molecule has 0 saturated carbocycles. The fourth-order valence-electron chi connectivity index (χ4n) is 2.31. The summed E-state index contributed by atoms with van der Waals surface area (Å²) in [7, 11) is 0. The van der Waals surface area contributed by atoms with Crippen LogP contribution in [0.5, 0.6) is 0 Å². The minimum absolute atomic E-state index is 0.260. The second kappa shape index (κ2) is 5.35. The highest BCUT2D eigenvalue weighted by Crippen LogP contribution is 2.32. The third kappa shape index (κ3) is 2.68. The van der Waals surface area contributed by atoms with Gasteiger partial charge in [0.2, 0.25) is 0 Å². The molecule has 2 nitrogen and oxygen atoms in total. The van der Waals surface area contributed by atoms with Crippen molar-refractivity contribution in [2.45, 2.75) is 26.8 Å². The fraction of sp³-hybridized carbons (Fsp3) is 0.267. The molecule has 104 valence electrons. The van der Waals surface area contributed by atoms with Gasteiger partial charge in [-0.1, -0.05) is 22.9 Å². The first-order valence-corrected chi connectivity index (χ1v) is 8.43. The van der Waals surface area contributed by atoms with Crippen LogP contribution >= 0.6 is 34.3 Å².